The SMILES string of the molecule is [C-]#[N+]c1c(C(=O)OC2C(C)CC(C)CC2C)c2nc(NC(=O)N(C)C)[nH]n2c1OC(=O)N(CC)CCOc1ccccc1. The van der Waals surface area contributed by atoms with Gasteiger partial charge in [-0.15, -0.1) is 0 Å². The third-order valence-electron chi connectivity index (χ3n) is 7.57. The van der Waals surface area contributed by atoms with Crippen molar-refractivity contribution >= 4 is 35.4 Å². The molecular formula is C30H39N7O6. The van der Waals surface area contributed by atoms with Crippen molar-refractivity contribution in [3.63, 3.8) is 0 Å². The summed E-state index contributed by atoms with van der Waals surface area (Å²) in [7, 11) is 3.12. The summed E-state index contributed by atoms with van der Waals surface area (Å²) in [6.07, 6.45) is 0.724. The smallest absolute Gasteiger partial charge is 0.415 e. The van der Waals surface area contributed by atoms with Crippen molar-refractivity contribution in [2.75, 3.05) is 39.1 Å². The van der Waals surface area contributed by atoms with Crippen LogP contribution in [0, 0.1) is 24.3 Å². The molecule has 0 radical (unpaired) electrons. The molecule has 2 N–H and O–H groups in total. The van der Waals surface area contributed by atoms with Crippen LogP contribution in [0.15, 0.2) is 30.3 Å². The van der Waals surface area contributed by atoms with Crippen LogP contribution in [-0.2, 0) is 4.74 Å². The highest BCUT2D eigenvalue weighted by Gasteiger charge is 2.37. The second-order valence-electron chi connectivity index (χ2n) is 11.2. The molecule has 1 aromatic carbocycles. The lowest BCUT2D eigenvalue weighted by molar-refractivity contribution is -0.0249. The van der Waals surface area contributed by atoms with Gasteiger partial charge in [0, 0.05) is 20.6 Å². The molecule has 2 heterocycles. The van der Waals surface area contributed by atoms with Gasteiger partial charge in [0.05, 0.1) is 13.1 Å². The van der Waals surface area contributed by atoms with Gasteiger partial charge in [-0.2, -0.15) is 4.98 Å². The van der Waals surface area contributed by atoms with E-state index in [9.17, 15) is 14.4 Å². The van der Waals surface area contributed by atoms with Crippen LogP contribution in [0.25, 0.3) is 10.5 Å². The number of para-hydroxylation sites is 1. The lowest BCUT2D eigenvalue weighted by Crippen LogP contribution is -2.37. The molecule has 0 aliphatic heterocycles. The summed E-state index contributed by atoms with van der Waals surface area (Å²) in [6, 6.07) is 8.74. The van der Waals surface area contributed by atoms with Gasteiger partial charge in [0.1, 0.15) is 24.0 Å². The Balaban J connectivity index is 1.64. The van der Waals surface area contributed by atoms with Crippen molar-refractivity contribution in [2.45, 2.75) is 46.6 Å². The van der Waals surface area contributed by atoms with Crippen molar-refractivity contribution in [1.29, 1.82) is 0 Å². The van der Waals surface area contributed by atoms with Crippen LogP contribution in [-0.4, -0.2) is 82.4 Å². The van der Waals surface area contributed by atoms with E-state index < -0.39 is 18.1 Å². The summed E-state index contributed by atoms with van der Waals surface area (Å²) >= 11 is 0. The third kappa shape index (κ3) is 7.02. The van der Waals surface area contributed by atoms with E-state index in [0.717, 1.165) is 12.8 Å². The molecule has 3 amide bonds. The third-order valence-corrected chi connectivity index (χ3v) is 7.57. The zero-order valence-electron chi connectivity index (χ0n) is 25.4. The summed E-state index contributed by atoms with van der Waals surface area (Å²) in [5.41, 5.74) is -0.371. The summed E-state index contributed by atoms with van der Waals surface area (Å²) < 4.78 is 18.7. The van der Waals surface area contributed by atoms with E-state index in [1.54, 1.807) is 21.0 Å². The molecule has 1 saturated carbocycles. The van der Waals surface area contributed by atoms with Crippen LogP contribution in [0.2, 0.25) is 0 Å². The number of urea groups is 1. The minimum absolute atomic E-state index is 0.00610. The number of rotatable bonds is 9. The standard InChI is InChI=1S/C30H39N7O6/c1-8-36(14-15-41-21-12-10-9-11-13-21)30(40)43-26-23(31-5)22(25-32-28(34-37(25)26)33-29(39)35(6)7)27(38)42-24-19(3)16-18(2)17-20(24)4/h9-13,18-20,24H,8,14-17H2,1-4,6-7H3,(H2,32,33,34,39). The Morgan fingerprint density at radius 1 is 1.14 bits per heavy atom. The maximum atomic E-state index is 13.7. The van der Waals surface area contributed by atoms with Gasteiger partial charge in [0.25, 0.3) is 5.69 Å². The molecule has 13 nitrogen and oxygen atoms in total. The molecule has 1 fully saturated rings. The molecule has 13 heteroatoms. The number of carbonyl (C=O) groups excluding carboxylic acids is 3. The molecule has 3 aromatic rings. The Morgan fingerprint density at radius 3 is 2.42 bits per heavy atom. The Kier molecular flexibility index (Phi) is 9.80. The number of carbonyl (C=O) groups is 3. The van der Waals surface area contributed by atoms with E-state index in [4.69, 9.17) is 20.8 Å². The molecule has 4 rings (SSSR count). The zero-order chi connectivity index (χ0) is 31.3. The highest BCUT2D eigenvalue weighted by Crippen LogP contribution is 2.40. The molecule has 0 bridgehead atoms. The molecule has 2 unspecified atom stereocenters. The predicted molar refractivity (Wildman–Crippen MR) is 160 cm³/mol. The Morgan fingerprint density at radius 2 is 1.81 bits per heavy atom. The van der Waals surface area contributed by atoms with E-state index in [2.05, 4.69) is 27.2 Å². The molecule has 1 aliphatic rings. The number of H-pyrrole nitrogens is 1. The van der Waals surface area contributed by atoms with Crippen LogP contribution in [0.3, 0.4) is 0 Å². The number of aromatic nitrogens is 3. The number of likely N-dealkylation sites (N-methyl/N-ethyl adjacent to an activating group) is 1. The van der Waals surface area contributed by atoms with Gasteiger partial charge in [-0.05, 0) is 49.7 Å². The van der Waals surface area contributed by atoms with Gasteiger partial charge in [0.15, 0.2) is 5.65 Å². The lowest BCUT2D eigenvalue weighted by atomic mass is 9.75. The van der Waals surface area contributed by atoms with Gasteiger partial charge < -0.3 is 24.0 Å². The number of anilines is 1. The minimum atomic E-state index is -0.750. The number of aromatic amines is 1. The van der Waals surface area contributed by atoms with E-state index in [1.807, 2.05) is 44.2 Å². The van der Waals surface area contributed by atoms with Crippen LogP contribution >= 0.6 is 0 Å². The maximum Gasteiger partial charge on any atom is 0.415 e. The number of hydrogen-bond acceptors (Lipinski definition) is 7. The molecule has 43 heavy (non-hydrogen) atoms. The van der Waals surface area contributed by atoms with E-state index in [-0.39, 0.29) is 59.8 Å². The van der Waals surface area contributed by atoms with Gasteiger partial charge >= 0.3 is 18.1 Å². The predicted octanol–water partition coefficient (Wildman–Crippen LogP) is 5.43. The van der Waals surface area contributed by atoms with Crippen LogP contribution in [0.1, 0.15) is 50.9 Å². The van der Waals surface area contributed by atoms with Crippen molar-refractivity contribution in [2.24, 2.45) is 17.8 Å². The molecule has 0 spiro atoms. The normalized spacial score (nSPS) is 19.7. The zero-order valence-corrected chi connectivity index (χ0v) is 25.4. The quantitative estimate of drug-likeness (QED) is 0.249. The van der Waals surface area contributed by atoms with Gasteiger partial charge in [-0.25, -0.2) is 23.7 Å². The number of ether oxygens (including phenoxy) is 3. The first kappa shape index (κ1) is 31.2. The molecule has 1 aliphatic carbocycles. The van der Waals surface area contributed by atoms with Gasteiger partial charge in [-0.3, -0.25) is 10.4 Å². The number of fused-ring (bicyclic) bond motifs is 1. The highest BCUT2D eigenvalue weighted by atomic mass is 16.6. The summed E-state index contributed by atoms with van der Waals surface area (Å²) in [4.78, 5) is 49.9. The Hall–Kier alpha value is -4.73. The molecule has 2 atom stereocenters. The second kappa shape index (κ2) is 13.5. The summed E-state index contributed by atoms with van der Waals surface area (Å²) in [6.45, 7) is 16.7. The topological polar surface area (TPSA) is 135 Å². The molecule has 0 saturated heterocycles. The number of nitrogens with one attached hydrogen (secondary N) is 2. The minimum Gasteiger partial charge on any atom is -0.492 e. The Labute approximate surface area is 250 Å². The first-order valence-electron chi connectivity index (χ1n) is 14.4. The van der Waals surface area contributed by atoms with Crippen molar-refractivity contribution < 1.29 is 28.6 Å². The fourth-order valence-electron chi connectivity index (χ4n) is 5.55. The lowest BCUT2D eigenvalue weighted by Gasteiger charge is -2.37. The van der Waals surface area contributed by atoms with Crippen LogP contribution < -0.4 is 14.8 Å². The maximum absolute atomic E-state index is 13.7. The first-order valence-corrected chi connectivity index (χ1v) is 14.4. The van der Waals surface area contributed by atoms with Crippen molar-refractivity contribution in [1.82, 2.24) is 24.4 Å². The monoisotopic (exact) mass is 593 g/mol. The van der Waals surface area contributed by atoms with E-state index >= 15 is 0 Å². The van der Waals surface area contributed by atoms with Gasteiger partial charge in [0.2, 0.25) is 11.8 Å². The van der Waals surface area contributed by atoms with Crippen molar-refractivity contribution in [3.8, 4) is 11.6 Å². The fraction of sp³-hybridized carbons (Fsp3) is 0.500. The number of hydrogen-bond donors (Lipinski definition) is 2. The molecule has 230 valence electrons. The highest BCUT2D eigenvalue weighted by molar-refractivity contribution is 6.05. The number of amides is 3. The Bertz CT molecular complexity index is 1480. The second-order valence-corrected chi connectivity index (χ2v) is 11.2. The molecule has 2 aromatic heterocycles. The number of benzene rings is 1. The van der Waals surface area contributed by atoms with E-state index in [0.29, 0.717) is 18.2 Å². The van der Waals surface area contributed by atoms with Crippen molar-refractivity contribution in [3.05, 3.63) is 47.3 Å². The van der Waals surface area contributed by atoms with Crippen LogP contribution in [0.5, 0.6) is 11.6 Å². The fourth-order valence-corrected chi connectivity index (χ4v) is 5.55. The number of esters is 1. The summed E-state index contributed by atoms with van der Waals surface area (Å²) in [5, 5.41) is 5.41. The molecular weight excluding hydrogens is 554 g/mol. The van der Waals surface area contributed by atoms with Gasteiger partial charge in [-0.1, -0.05) is 39.0 Å². The summed E-state index contributed by atoms with van der Waals surface area (Å²) in [5.74, 6) is 0.442. The number of nitrogens with zero attached hydrogens (tertiary/aromatic N) is 5. The van der Waals surface area contributed by atoms with E-state index in [1.165, 1.54) is 14.3 Å². The largest absolute Gasteiger partial charge is 0.492 e. The van der Waals surface area contributed by atoms with Crippen LogP contribution in [0.4, 0.5) is 21.2 Å². The average Bonchev–Trinajstić information content (AvgIpc) is 3.49. The first-order chi connectivity index (χ1) is 20.5. The average molecular weight is 594 g/mol.